The third-order valence-electron chi connectivity index (χ3n) is 4.08. The Kier molecular flexibility index (Phi) is 5.40. The van der Waals surface area contributed by atoms with Gasteiger partial charge in [-0.25, -0.2) is 0 Å². The van der Waals surface area contributed by atoms with Crippen LogP contribution in [0.25, 0.3) is 0 Å². The molecule has 1 aromatic rings. The molecule has 0 radical (unpaired) electrons. The highest BCUT2D eigenvalue weighted by Gasteiger charge is 2.17. The maximum absolute atomic E-state index is 4.54. The zero-order chi connectivity index (χ0) is 13.7. The van der Waals surface area contributed by atoms with Crippen LogP contribution in [-0.2, 0) is 20.0 Å². The van der Waals surface area contributed by atoms with Crippen molar-refractivity contribution in [2.24, 2.45) is 13.0 Å². The second-order valence-corrected chi connectivity index (χ2v) is 5.67. The highest BCUT2D eigenvalue weighted by Crippen LogP contribution is 2.15. The highest BCUT2D eigenvalue weighted by molar-refractivity contribution is 5.16. The zero-order valence-electron chi connectivity index (χ0n) is 12.7. The van der Waals surface area contributed by atoms with E-state index in [1.807, 2.05) is 11.7 Å². The summed E-state index contributed by atoms with van der Waals surface area (Å²) in [6, 6.07) is 0. The first-order valence-electron chi connectivity index (χ1n) is 7.67. The van der Waals surface area contributed by atoms with E-state index in [9.17, 15) is 0 Å². The second kappa shape index (κ2) is 7.06. The van der Waals surface area contributed by atoms with E-state index in [2.05, 4.69) is 35.4 Å². The SMILES string of the molecule is CCc1nn(C)cc1CN(CC)CC1CCCNC1. The van der Waals surface area contributed by atoms with E-state index in [0.29, 0.717) is 0 Å². The quantitative estimate of drug-likeness (QED) is 0.850. The molecule has 1 fully saturated rings. The van der Waals surface area contributed by atoms with Gasteiger partial charge in [0, 0.05) is 31.9 Å². The highest BCUT2D eigenvalue weighted by atomic mass is 15.3. The average Bonchev–Trinajstić information content (AvgIpc) is 2.79. The maximum atomic E-state index is 4.54. The van der Waals surface area contributed by atoms with Crippen molar-refractivity contribution in [2.45, 2.75) is 39.7 Å². The molecule has 1 aromatic heterocycles. The van der Waals surface area contributed by atoms with E-state index in [4.69, 9.17) is 0 Å². The molecule has 4 nitrogen and oxygen atoms in total. The third-order valence-corrected chi connectivity index (χ3v) is 4.08. The molecule has 0 amide bonds. The van der Waals surface area contributed by atoms with Crippen molar-refractivity contribution < 1.29 is 0 Å². The van der Waals surface area contributed by atoms with Gasteiger partial charge in [0.2, 0.25) is 0 Å². The summed E-state index contributed by atoms with van der Waals surface area (Å²) in [6.07, 6.45) is 5.91. The van der Waals surface area contributed by atoms with Crippen LogP contribution in [-0.4, -0.2) is 40.9 Å². The molecule has 1 atom stereocenters. The minimum absolute atomic E-state index is 0.815. The monoisotopic (exact) mass is 264 g/mol. The zero-order valence-corrected chi connectivity index (χ0v) is 12.7. The van der Waals surface area contributed by atoms with E-state index < -0.39 is 0 Å². The number of piperidine rings is 1. The van der Waals surface area contributed by atoms with E-state index >= 15 is 0 Å². The molecule has 1 unspecified atom stereocenters. The number of nitrogens with one attached hydrogen (secondary N) is 1. The predicted molar refractivity (Wildman–Crippen MR) is 79.1 cm³/mol. The summed E-state index contributed by atoms with van der Waals surface area (Å²) in [4.78, 5) is 2.56. The summed E-state index contributed by atoms with van der Waals surface area (Å²) < 4.78 is 1.95. The van der Waals surface area contributed by atoms with Crippen molar-refractivity contribution in [1.82, 2.24) is 20.0 Å². The lowest BCUT2D eigenvalue weighted by Crippen LogP contribution is -2.38. The predicted octanol–water partition coefficient (Wildman–Crippen LogP) is 1.80. The maximum Gasteiger partial charge on any atom is 0.0666 e. The molecule has 0 saturated carbocycles. The number of aromatic nitrogens is 2. The van der Waals surface area contributed by atoms with Crippen molar-refractivity contribution in [3.8, 4) is 0 Å². The minimum Gasteiger partial charge on any atom is -0.316 e. The Balaban J connectivity index is 1.93. The van der Waals surface area contributed by atoms with Gasteiger partial charge < -0.3 is 5.32 Å². The van der Waals surface area contributed by atoms with Crippen LogP contribution in [0.4, 0.5) is 0 Å². The molecule has 0 aliphatic carbocycles. The van der Waals surface area contributed by atoms with Crippen molar-refractivity contribution in [3.05, 3.63) is 17.5 Å². The first kappa shape index (κ1) is 14.5. The van der Waals surface area contributed by atoms with Gasteiger partial charge in [0.1, 0.15) is 0 Å². The molecule has 4 heteroatoms. The fourth-order valence-corrected chi connectivity index (χ4v) is 3.00. The van der Waals surface area contributed by atoms with Crippen molar-refractivity contribution in [1.29, 1.82) is 0 Å². The lowest BCUT2D eigenvalue weighted by Gasteiger charge is -2.29. The van der Waals surface area contributed by atoms with Gasteiger partial charge in [-0.2, -0.15) is 5.10 Å². The Morgan fingerprint density at radius 3 is 2.95 bits per heavy atom. The van der Waals surface area contributed by atoms with Crippen LogP contribution in [0.2, 0.25) is 0 Å². The standard InChI is InChI=1S/C15H28N4/c1-4-15-14(11-18(3)17-15)12-19(5-2)10-13-7-6-8-16-9-13/h11,13,16H,4-10,12H2,1-3H3. The van der Waals surface area contributed by atoms with E-state index in [-0.39, 0.29) is 0 Å². The summed E-state index contributed by atoms with van der Waals surface area (Å²) in [5.41, 5.74) is 2.65. The average molecular weight is 264 g/mol. The summed E-state index contributed by atoms with van der Waals surface area (Å²) in [7, 11) is 2.02. The van der Waals surface area contributed by atoms with Crippen LogP contribution >= 0.6 is 0 Å². The fourth-order valence-electron chi connectivity index (χ4n) is 3.00. The number of aryl methyl sites for hydroxylation is 2. The molecule has 2 heterocycles. The smallest absolute Gasteiger partial charge is 0.0666 e. The summed E-state index contributed by atoms with van der Waals surface area (Å²) in [5, 5.41) is 8.05. The van der Waals surface area contributed by atoms with Gasteiger partial charge in [-0.15, -0.1) is 0 Å². The lowest BCUT2D eigenvalue weighted by atomic mass is 9.99. The lowest BCUT2D eigenvalue weighted by molar-refractivity contribution is 0.209. The van der Waals surface area contributed by atoms with Crippen LogP contribution in [0.15, 0.2) is 6.20 Å². The number of nitrogens with zero attached hydrogens (tertiary/aromatic N) is 3. The van der Waals surface area contributed by atoms with Gasteiger partial charge in [0.25, 0.3) is 0 Å². The Morgan fingerprint density at radius 1 is 1.47 bits per heavy atom. The van der Waals surface area contributed by atoms with Gasteiger partial charge in [-0.05, 0) is 44.8 Å². The van der Waals surface area contributed by atoms with E-state index in [0.717, 1.165) is 25.4 Å². The van der Waals surface area contributed by atoms with Gasteiger partial charge in [-0.1, -0.05) is 13.8 Å². The number of hydrogen-bond donors (Lipinski definition) is 1. The normalized spacial score (nSPS) is 20.1. The molecular weight excluding hydrogens is 236 g/mol. The second-order valence-electron chi connectivity index (χ2n) is 5.67. The molecule has 1 saturated heterocycles. The number of rotatable bonds is 6. The van der Waals surface area contributed by atoms with Crippen molar-refractivity contribution >= 4 is 0 Å². The Morgan fingerprint density at radius 2 is 2.32 bits per heavy atom. The van der Waals surface area contributed by atoms with Crippen molar-refractivity contribution in [2.75, 3.05) is 26.2 Å². The molecule has 1 N–H and O–H groups in total. The van der Waals surface area contributed by atoms with Gasteiger partial charge >= 0.3 is 0 Å². The summed E-state index contributed by atoms with van der Waals surface area (Å²) >= 11 is 0. The van der Waals surface area contributed by atoms with Crippen molar-refractivity contribution in [3.63, 3.8) is 0 Å². The van der Waals surface area contributed by atoms with E-state index in [1.54, 1.807) is 0 Å². The molecule has 1 aliphatic rings. The van der Waals surface area contributed by atoms with Gasteiger partial charge in [0.05, 0.1) is 5.69 Å². The molecule has 0 aromatic carbocycles. The largest absolute Gasteiger partial charge is 0.316 e. The molecular formula is C15H28N4. The Hall–Kier alpha value is -0.870. The van der Waals surface area contributed by atoms with Crippen LogP contribution in [0.5, 0.6) is 0 Å². The van der Waals surface area contributed by atoms with Crippen LogP contribution in [0.1, 0.15) is 37.9 Å². The first-order valence-corrected chi connectivity index (χ1v) is 7.67. The molecule has 108 valence electrons. The summed E-state index contributed by atoms with van der Waals surface area (Å²) in [5.74, 6) is 0.815. The summed E-state index contributed by atoms with van der Waals surface area (Å²) in [6.45, 7) is 10.2. The molecule has 0 bridgehead atoms. The number of hydrogen-bond acceptors (Lipinski definition) is 3. The minimum atomic E-state index is 0.815. The molecule has 19 heavy (non-hydrogen) atoms. The third kappa shape index (κ3) is 4.05. The van der Waals surface area contributed by atoms with Gasteiger partial charge in [0.15, 0.2) is 0 Å². The van der Waals surface area contributed by atoms with E-state index in [1.165, 1.54) is 43.7 Å². The Bertz CT molecular complexity index is 379. The van der Waals surface area contributed by atoms with Crippen LogP contribution in [0.3, 0.4) is 0 Å². The fraction of sp³-hybridized carbons (Fsp3) is 0.800. The Labute approximate surface area is 117 Å². The molecule has 2 rings (SSSR count). The first-order chi connectivity index (χ1) is 9.22. The molecule has 1 aliphatic heterocycles. The van der Waals surface area contributed by atoms with Crippen LogP contribution in [0, 0.1) is 5.92 Å². The topological polar surface area (TPSA) is 33.1 Å². The van der Waals surface area contributed by atoms with Crippen LogP contribution < -0.4 is 5.32 Å². The molecule has 0 spiro atoms. The van der Waals surface area contributed by atoms with Gasteiger partial charge in [-0.3, -0.25) is 9.58 Å².